The van der Waals surface area contributed by atoms with Gasteiger partial charge in [-0.25, -0.2) is 4.98 Å². The van der Waals surface area contributed by atoms with E-state index in [-0.39, 0.29) is 11.9 Å². The number of aromatic nitrogens is 2. The summed E-state index contributed by atoms with van der Waals surface area (Å²) in [6, 6.07) is 7.90. The molecule has 0 saturated carbocycles. The van der Waals surface area contributed by atoms with Gasteiger partial charge in [-0.15, -0.1) is 11.3 Å². The number of hydrogen-bond acceptors (Lipinski definition) is 4. The van der Waals surface area contributed by atoms with Crippen LogP contribution < -0.4 is 5.32 Å². The summed E-state index contributed by atoms with van der Waals surface area (Å²) in [6.07, 6.45) is 4.13. The van der Waals surface area contributed by atoms with Crippen LogP contribution in [0, 0.1) is 0 Å². The van der Waals surface area contributed by atoms with Crippen molar-refractivity contribution < 1.29 is 4.79 Å². The number of nitrogens with one attached hydrogen (secondary N) is 1. The lowest BCUT2D eigenvalue weighted by atomic mass is 10.1. The van der Waals surface area contributed by atoms with Crippen LogP contribution in [0.25, 0.3) is 4.96 Å². The normalized spacial score (nSPS) is 15.7. The highest BCUT2D eigenvalue weighted by Gasteiger charge is 2.26. The van der Waals surface area contributed by atoms with Crippen LogP contribution in [0.1, 0.15) is 47.6 Å². The van der Waals surface area contributed by atoms with E-state index in [0.717, 1.165) is 47.2 Å². The molecular formula is C19H21ClN4OS. The number of fused-ring (bicyclic) bond motifs is 1. The Hall–Kier alpha value is -1.89. The molecule has 0 unspecified atom stereocenters. The number of carbonyl (C=O) groups excluding carboxylic acids is 1. The van der Waals surface area contributed by atoms with Crippen molar-refractivity contribution in [1.29, 1.82) is 0 Å². The fraction of sp³-hybridized carbons (Fsp3) is 0.368. The molecule has 136 valence electrons. The second kappa shape index (κ2) is 7.39. The summed E-state index contributed by atoms with van der Waals surface area (Å²) in [4.78, 5) is 20.3. The summed E-state index contributed by atoms with van der Waals surface area (Å²) < 4.78 is 2.01. The molecule has 1 N–H and O–H groups in total. The van der Waals surface area contributed by atoms with Gasteiger partial charge in [-0.2, -0.15) is 0 Å². The van der Waals surface area contributed by atoms with Crippen molar-refractivity contribution >= 4 is 33.8 Å². The molecule has 0 bridgehead atoms. The Balaban J connectivity index is 1.59. The fourth-order valence-electron chi connectivity index (χ4n) is 3.43. The molecule has 7 heteroatoms. The first-order chi connectivity index (χ1) is 12.6. The SMILES string of the molecule is C[C@@H](NCc1c(C(=O)N2CCCC2)nc2sccn12)c1ccccc1Cl. The molecule has 0 spiro atoms. The van der Waals surface area contributed by atoms with Crippen LogP contribution in [0.4, 0.5) is 0 Å². The smallest absolute Gasteiger partial charge is 0.274 e. The minimum atomic E-state index is 0.0422. The number of carbonyl (C=O) groups is 1. The Morgan fingerprint density at radius 2 is 2.12 bits per heavy atom. The van der Waals surface area contributed by atoms with Gasteiger partial charge in [0.1, 0.15) is 0 Å². The third kappa shape index (κ3) is 3.24. The lowest BCUT2D eigenvalue weighted by Gasteiger charge is -2.17. The quantitative estimate of drug-likeness (QED) is 0.714. The number of hydrogen-bond donors (Lipinski definition) is 1. The maximum atomic E-state index is 12.9. The van der Waals surface area contributed by atoms with E-state index < -0.39 is 0 Å². The van der Waals surface area contributed by atoms with Gasteiger partial charge in [-0.05, 0) is 31.4 Å². The molecule has 1 aliphatic heterocycles. The summed E-state index contributed by atoms with van der Waals surface area (Å²) in [5.74, 6) is 0.0422. The zero-order valence-corrected chi connectivity index (χ0v) is 16.2. The van der Waals surface area contributed by atoms with Crippen LogP contribution >= 0.6 is 22.9 Å². The fourth-order valence-corrected chi connectivity index (χ4v) is 4.46. The summed E-state index contributed by atoms with van der Waals surface area (Å²) in [5, 5.41) is 6.24. The van der Waals surface area contributed by atoms with Crippen LogP contribution in [0.3, 0.4) is 0 Å². The topological polar surface area (TPSA) is 49.6 Å². The Morgan fingerprint density at radius 1 is 1.35 bits per heavy atom. The maximum Gasteiger partial charge on any atom is 0.274 e. The first-order valence-corrected chi connectivity index (χ1v) is 10.1. The molecule has 0 aliphatic carbocycles. The molecule has 0 radical (unpaired) electrons. The lowest BCUT2D eigenvalue weighted by molar-refractivity contribution is 0.0786. The van der Waals surface area contributed by atoms with Gasteiger partial charge in [0.2, 0.25) is 0 Å². The number of thiazole rings is 1. The van der Waals surface area contributed by atoms with E-state index in [4.69, 9.17) is 11.6 Å². The van der Waals surface area contributed by atoms with Crippen molar-refractivity contribution in [2.75, 3.05) is 13.1 Å². The second-order valence-electron chi connectivity index (χ2n) is 6.59. The Labute approximate surface area is 161 Å². The number of amides is 1. The highest BCUT2D eigenvalue weighted by molar-refractivity contribution is 7.15. The average Bonchev–Trinajstić information content (AvgIpc) is 3.37. The highest BCUT2D eigenvalue weighted by atomic mass is 35.5. The number of halogens is 1. The molecule has 1 fully saturated rings. The molecule has 2 aromatic heterocycles. The zero-order valence-electron chi connectivity index (χ0n) is 14.6. The number of benzene rings is 1. The van der Waals surface area contributed by atoms with Gasteiger partial charge in [0.15, 0.2) is 10.7 Å². The van der Waals surface area contributed by atoms with Crippen molar-refractivity contribution in [2.45, 2.75) is 32.4 Å². The maximum absolute atomic E-state index is 12.9. The molecule has 1 saturated heterocycles. The van der Waals surface area contributed by atoms with Crippen LogP contribution in [-0.4, -0.2) is 33.3 Å². The van der Waals surface area contributed by atoms with E-state index >= 15 is 0 Å². The van der Waals surface area contributed by atoms with Crippen LogP contribution in [0.2, 0.25) is 5.02 Å². The Morgan fingerprint density at radius 3 is 2.88 bits per heavy atom. The van der Waals surface area contributed by atoms with Crippen molar-refractivity contribution in [3.05, 3.63) is 57.8 Å². The zero-order chi connectivity index (χ0) is 18.1. The standard InChI is InChI=1S/C19H21ClN4OS/c1-13(14-6-2-3-7-15(14)20)21-12-16-17(18(25)23-8-4-5-9-23)22-19-24(16)10-11-26-19/h2-3,6-7,10-11,13,21H,4-5,8-9,12H2,1H3/t13-/m1/s1. The van der Waals surface area contributed by atoms with Gasteiger partial charge < -0.3 is 10.2 Å². The van der Waals surface area contributed by atoms with E-state index in [9.17, 15) is 4.79 Å². The molecule has 5 nitrogen and oxygen atoms in total. The van der Waals surface area contributed by atoms with Gasteiger partial charge in [0.05, 0.1) is 5.69 Å². The Bertz CT molecular complexity index is 929. The second-order valence-corrected chi connectivity index (χ2v) is 7.87. The van der Waals surface area contributed by atoms with E-state index in [1.807, 2.05) is 45.1 Å². The van der Waals surface area contributed by atoms with Gasteiger partial charge in [-0.1, -0.05) is 29.8 Å². The third-order valence-corrected chi connectivity index (χ3v) is 6.01. The minimum Gasteiger partial charge on any atom is -0.337 e. The van der Waals surface area contributed by atoms with E-state index in [2.05, 4.69) is 17.2 Å². The largest absolute Gasteiger partial charge is 0.337 e. The molecule has 1 aromatic carbocycles. The first kappa shape index (κ1) is 17.5. The molecule has 1 aliphatic rings. The predicted octanol–water partition coefficient (Wildman–Crippen LogP) is 4.14. The first-order valence-electron chi connectivity index (χ1n) is 8.86. The molecule has 26 heavy (non-hydrogen) atoms. The minimum absolute atomic E-state index is 0.0422. The summed E-state index contributed by atoms with van der Waals surface area (Å²) in [7, 11) is 0. The number of imidazole rings is 1. The lowest BCUT2D eigenvalue weighted by Crippen LogP contribution is -2.30. The summed E-state index contributed by atoms with van der Waals surface area (Å²) >= 11 is 7.86. The van der Waals surface area contributed by atoms with Gasteiger partial charge in [0.25, 0.3) is 5.91 Å². The van der Waals surface area contributed by atoms with E-state index in [0.29, 0.717) is 12.2 Å². The number of nitrogens with zero attached hydrogens (tertiary/aromatic N) is 3. The molecule has 3 aromatic rings. The van der Waals surface area contributed by atoms with Crippen molar-refractivity contribution in [1.82, 2.24) is 19.6 Å². The van der Waals surface area contributed by atoms with Crippen molar-refractivity contribution in [3.63, 3.8) is 0 Å². The van der Waals surface area contributed by atoms with E-state index in [1.54, 1.807) is 11.3 Å². The highest BCUT2D eigenvalue weighted by Crippen LogP contribution is 2.24. The molecule has 1 atom stereocenters. The van der Waals surface area contributed by atoms with Crippen LogP contribution in [0.15, 0.2) is 35.8 Å². The molecule has 1 amide bonds. The van der Waals surface area contributed by atoms with Crippen LogP contribution in [-0.2, 0) is 6.54 Å². The van der Waals surface area contributed by atoms with E-state index in [1.165, 1.54) is 0 Å². The summed E-state index contributed by atoms with van der Waals surface area (Å²) in [5.41, 5.74) is 2.53. The molecule has 3 heterocycles. The predicted molar refractivity (Wildman–Crippen MR) is 105 cm³/mol. The van der Waals surface area contributed by atoms with Crippen LogP contribution in [0.5, 0.6) is 0 Å². The molecule has 4 rings (SSSR count). The summed E-state index contributed by atoms with van der Waals surface area (Å²) in [6.45, 7) is 4.29. The van der Waals surface area contributed by atoms with Gasteiger partial charge in [-0.3, -0.25) is 9.20 Å². The van der Waals surface area contributed by atoms with Gasteiger partial charge in [0, 0.05) is 42.3 Å². The third-order valence-electron chi connectivity index (χ3n) is 4.90. The molecular weight excluding hydrogens is 368 g/mol. The Kier molecular flexibility index (Phi) is 4.98. The van der Waals surface area contributed by atoms with Crippen molar-refractivity contribution in [3.8, 4) is 0 Å². The number of likely N-dealkylation sites (tertiary alicyclic amines) is 1. The average molecular weight is 389 g/mol. The van der Waals surface area contributed by atoms with Gasteiger partial charge >= 0.3 is 0 Å². The monoisotopic (exact) mass is 388 g/mol. The number of rotatable bonds is 5. The van der Waals surface area contributed by atoms with Crippen molar-refractivity contribution in [2.24, 2.45) is 0 Å².